The molecule has 0 aliphatic carbocycles. The van der Waals surface area contributed by atoms with Gasteiger partial charge in [0.25, 0.3) is 0 Å². The van der Waals surface area contributed by atoms with Crippen LogP contribution in [-0.2, 0) is 35.8 Å². The average Bonchev–Trinajstić information content (AvgIpc) is 3.19. The van der Waals surface area contributed by atoms with Crippen molar-refractivity contribution < 1.29 is 27.4 Å². The lowest BCUT2D eigenvalue weighted by Crippen LogP contribution is -2.27. The van der Waals surface area contributed by atoms with E-state index in [1.807, 2.05) is 36.4 Å². The molecule has 1 aromatic heterocycles. The maximum atomic E-state index is 13.9. The molecule has 4 aromatic rings. The molecule has 5 rings (SSSR count). The number of rotatable bonds is 9. The van der Waals surface area contributed by atoms with Gasteiger partial charge in [-0.05, 0) is 61.6 Å². The summed E-state index contributed by atoms with van der Waals surface area (Å²) < 4.78 is 53.0. The topological polar surface area (TPSA) is 85.4 Å². The van der Waals surface area contributed by atoms with Crippen molar-refractivity contribution in [2.75, 3.05) is 17.7 Å². The number of aryl methyl sites for hydroxylation is 2. The number of methoxy groups -OCH3 is 1. The van der Waals surface area contributed by atoms with Crippen LogP contribution in [0.3, 0.4) is 0 Å². The molecule has 1 amide bonds. The summed E-state index contributed by atoms with van der Waals surface area (Å²) in [5.74, 6) is 0.839. The van der Waals surface area contributed by atoms with E-state index in [4.69, 9.17) is 9.47 Å². The minimum Gasteiger partial charge on any atom is -0.494 e. The van der Waals surface area contributed by atoms with Crippen molar-refractivity contribution in [1.29, 1.82) is 0 Å². The minimum atomic E-state index is -4.63. The number of carbonyl (C=O) groups is 1. The summed E-state index contributed by atoms with van der Waals surface area (Å²) in [6, 6.07) is 20.2. The fraction of sp³-hybridized carbons (Fsp3) is 0.258. The zero-order chi connectivity index (χ0) is 29.2. The number of alkyl halides is 3. The number of aromatic nitrogens is 2. The number of ether oxygens (including phenoxy) is 2. The van der Waals surface area contributed by atoms with Gasteiger partial charge in [0.1, 0.15) is 18.1 Å². The summed E-state index contributed by atoms with van der Waals surface area (Å²) >= 11 is 0. The molecule has 10 heteroatoms. The van der Waals surface area contributed by atoms with Crippen molar-refractivity contribution in [2.24, 2.45) is 0 Å². The number of hydrogen-bond acceptors (Lipinski definition) is 6. The van der Waals surface area contributed by atoms with Crippen LogP contribution in [0.5, 0.6) is 11.5 Å². The Kier molecular flexibility index (Phi) is 7.57. The Labute approximate surface area is 235 Å². The standard InChI is InChI=1S/C31H29F3N4O3/c1-30(2)27-20(10-7-11-25(27)36-28(30)39)12-14-23-22(31(32,33)34)17-35-29(37-23)38-24-15-13-21(16-26(24)40-3)41-18-19-8-5-4-6-9-19/h4-11,13,15-17H,12,14,18H2,1-3H3,(H,36,39)(H,35,37,38). The molecule has 0 saturated carbocycles. The second kappa shape index (κ2) is 11.1. The maximum absolute atomic E-state index is 13.9. The van der Waals surface area contributed by atoms with Gasteiger partial charge >= 0.3 is 6.18 Å². The third kappa shape index (κ3) is 5.96. The van der Waals surface area contributed by atoms with E-state index in [0.717, 1.165) is 22.9 Å². The lowest BCUT2D eigenvalue weighted by atomic mass is 9.82. The highest BCUT2D eigenvalue weighted by molar-refractivity contribution is 6.06. The Morgan fingerprint density at radius 1 is 1.00 bits per heavy atom. The summed E-state index contributed by atoms with van der Waals surface area (Å²) in [4.78, 5) is 20.6. The highest BCUT2D eigenvalue weighted by Crippen LogP contribution is 2.40. The molecule has 0 radical (unpaired) electrons. The van der Waals surface area contributed by atoms with Crippen molar-refractivity contribution in [3.05, 3.63) is 101 Å². The zero-order valence-corrected chi connectivity index (χ0v) is 22.8. The van der Waals surface area contributed by atoms with Crippen LogP contribution in [0.2, 0.25) is 0 Å². The summed E-state index contributed by atoms with van der Waals surface area (Å²) in [6.07, 6.45) is -3.58. The molecule has 2 heterocycles. The Bertz CT molecular complexity index is 1570. The highest BCUT2D eigenvalue weighted by Gasteiger charge is 2.40. The molecule has 3 aromatic carbocycles. The molecule has 0 unspecified atom stereocenters. The van der Waals surface area contributed by atoms with E-state index in [1.54, 1.807) is 44.2 Å². The van der Waals surface area contributed by atoms with Crippen molar-refractivity contribution in [3.8, 4) is 11.5 Å². The van der Waals surface area contributed by atoms with Gasteiger partial charge < -0.3 is 20.1 Å². The van der Waals surface area contributed by atoms with Crippen molar-refractivity contribution in [1.82, 2.24) is 9.97 Å². The van der Waals surface area contributed by atoms with Crippen LogP contribution in [0, 0.1) is 0 Å². The molecule has 0 atom stereocenters. The maximum Gasteiger partial charge on any atom is 0.419 e. The normalized spacial score (nSPS) is 13.9. The molecular weight excluding hydrogens is 533 g/mol. The van der Waals surface area contributed by atoms with Crippen LogP contribution in [-0.4, -0.2) is 23.0 Å². The molecule has 212 valence electrons. The number of fused-ring (bicyclic) bond motifs is 1. The number of nitrogens with zero attached hydrogens (tertiary/aromatic N) is 2. The Morgan fingerprint density at radius 3 is 2.51 bits per heavy atom. The number of carbonyl (C=O) groups excluding carboxylic acids is 1. The third-order valence-corrected chi connectivity index (χ3v) is 7.06. The largest absolute Gasteiger partial charge is 0.494 e. The summed E-state index contributed by atoms with van der Waals surface area (Å²) in [5.41, 5.74) is 1.91. The van der Waals surface area contributed by atoms with Gasteiger partial charge in [0.05, 0.1) is 29.5 Å². The van der Waals surface area contributed by atoms with E-state index in [2.05, 4.69) is 20.6 Å². The van der Waals surface area contributed by atoms with Crippen molar-refractivity contribution >= 4 is 23.2 Å². The third-order valence-electron chi connectivity index (χ3n) is 7.06. The van der Waals surface area contributed by atoms with Gasteiger partial charge in [-0.2, -0.15) is 13.2 Å². The van der Waals surface area contributed by atoms with E-state index in [0.29, 0.717) is 29.5 Å². The van der Waals surface area contributed by atoms with E-state index < -0.39 is 17.2 Å². The Balaban J connectivity index is 1.37. The molecule has 2 N–H and O–H groups in total. The molecule has 7 nitrogen and oxygen atoms in total. The van der Waals surface area contributed by atoms with E-state index >= 15 is 0 Å². The molecule has 41 heavy (non-hydrogen) atoms. The molecule has 0 fully saturated rings. The number of amides is 1. The molecule has 0 bridgehead atoms. The van der Waals surface area contributed by atoms with Crippen LogP contribution in [0.1, 0.15) is 41.8 Å². The van der Waals surface area contributed by atoms with Crippen LogP contribution >= 0.6 is 0 Å². The second-order valence-corrected chi connectivity index (χ2v) is 10.2. The lowest BCUT2D eigenvalue weighted by molar-refractivity contribution is -0.138. The molecular formula is C31H29F3N4O3. The van der Waals surface area contributed by atoms with Gasteiger partial charge in [-0.15, -0.1) is 0 Å². The van der Waals surface area contributed by atoms with Gasteiger partial charge in [-0.25, -0.2) is 9.97 Å². The molecule has 1 aliphatic heterocycles. The number of anilines is 3. The van der Waals surface area contributed by atoms with E-state index in [1.165, 1.54) is 7.11 Å². The van der Waals surface area contributed by atoms with Crippen molar-refractivity contribution in [2.45, 2.75) is 44.9 Å². The van der Waals surface area contributed by atoms with Crippen LogP contribution in [0.15, 0.2) is 72.9 Å². The molecule has 1 aliphatic rings. The van der Waals surface area contributed by atoms with Gasteiger partial charge in [-0.3, -0.25) is 4.79 Å². The second-order valence-electron chi connectivity index (χ2n) is 10.2. The first kappa shape index (κ1) is 27.9. The number of halogens is 3. The summed E-state index contributed by atoms with van der Waals surface area (Å²) in [7, 11) is 1.49. The number of nitrogens with one attached hydrogen (secondary N) is 2. The molecule has 0 saturated heterocycles. The van der Waals surface area contributed by atoms with Gasteiger partial charge in [0.15, 0.2) is 0 Å². The minimum absolute atomic E-state index is 0.000260. The SMILES string of the molecule is COc1cc(OCc2ccccc2)ccc1Nc1ncc(C(F)(F)F)c(CCc2cccc3c2C(C)(C)C(=O)N3)n1. The average molecular weight is 563 g/mol. The van der Waals surface area contributed by atoms with Crippen molar-refractivity contribution in [3.63, 3.8) is 0 Å². The summed E-state index contributed by atoms with van der Waals surface area (Å²) in [6.45, 7) is 3.97. The van der Waals surface area contributed by atoms with Crippen LogP contribution < -0.4 is 20.1 Å². The lowest BCUT2D eigenvalue weighted by Gasteiger charge is -2.20. The zero-order valence-electron chi connectivity index (χ0n) is 22.8. The van der Waals surface area contributed by atoms with Crippen LogP contribution in [0.4, 0.5) is 30.5 Å². The predicted octanol–water partition coefficient (Wildman–Crippen LogP) is 6.84. The quantitative estimate of drug-likeness (QED) is 0.232. The Hall–Kier alpha value is -4.60. The highest BCUT2D eigenvalue weighted by atomic mass is 19.4. The Morgan fingerprint density at radius 2 is 1.78 bits per heavy atom. The van der Waals surface area contributed by atoms with Gasteiger partial charge in [0.2, 0.25) is 11.9 Å². The predicted molar refractivity (Wildman–Crippen MR) is 150 cm³/mol. The smallest absolute Gasteiger partial charge is 0.419 e. The van der Waals surface area contributed by atoms with Crippen LogP contribution in [0.25, 0.3) is 0 Å². The first-order valence-corrected chi connectivity index (χ1v) is 13.0. The summed E-state index contributed by atoms with van der Waals surface area (Å²) in [5, 5.41) is 5.83. The van der Waals surface area contributed by atoms with Gasteiger partial charge in [-0.1, -0.05) is 42.5 Å². The number of benzene rings is 3. The monoisotopic (exact) mass is 562 g/mol. The molecule has 0 spiro atoms. The van der Waals surface area contributed by atoms with E-state index in [9.17, 15) is 18.0 Å². The fourth-order valence-corrected chi connectivity index (χ4v) is 4.93. The first-order chi connectivity index (χ1) is 19.6. The fourth-order valence-electron chi connectivity index (χ4n) is 4.93. The number of hydrogen-bond donors (Lipinski definition) is 2. The first-order valence-electron chi connectivity index (χ1n) is 13.0. The van der Waals surface area contributed by atoms with Gasteiger partial charge in [0, 0.05) is 18.0 Å². The van der Waals surface area contributed by atoms with E-state index in [-0.39, 0.29) is 30.4 Å².